The van der Waals surface area contributed by atoms with Crippen LogP contribution >= 0.6 is 23.5 Å². The molecular formula is C15H28O4S2. The van der Waals surface area contributed by atoms with E-state index in [-0.39, 0.29) is 18.3 Å². The molecule has 2 saturated heterocycles. The zero-order valence-electron chi connectivity index (χ0n) is 13.9. The summed E-state index contributed by atoms with van der Waals surface area (Å²) in [5.41, 5.74) is 0. The second kappa shape index (κ2) is 6.97. The summed E-state index contributed by atoms with van der Waals surface area (Å²) in [5, 5.41) is 0. The number of thioether (sulfide) groups is 2. The van der Waals surface area contributed by atoms with Gasteiger partial charge in [0.15, 0.2) is 11.6 Å². The monoisotopic (exact) mass is 336 g/mol. The molecule has 0 saturated carbocycles. The van der Waals surface area contributed by atoms with Crippen LogP contribution in [0.25, 0.3) is 0 Å². The van der Waals surface area contributed by atoms with Gasteiger partial charge in [-0.25, -0.2) is 0 Å². The molecule has 0 amide bonds. The summed E-state index contributed by atoms with van der Waals surface area (Å²) in [6.07, 6.45) is -0.119. The molecular weight excluding hydrogens is 308 g/mol. The molecule has 21 heavy (non-hydrogen) atoms. The summed E-state index contributed by atoms with van der Waals surface area (Å²) in [7, 11) is 0. The molecule has 2 heterocycles. The minimum atomic E-state index is -0.563. The standard InChI is InChI=1S/C15H28O4S2/c1-7-20-13(21-8-2)12-11(18-15(5,6)19-12)10-9-16-14(3,4)17-10/h10-13H,7-9H2,1-6H3/t10-,11-,12-/m0/s1. The van der Waals surface area contributed by atoms with Crippen molar-refractivity contribution in [3.63, 3.8) is 0 Å². The minimum Gasteiger partial charge on any atom is -0.348 e. The fraction of sp³-hybridized carbons (Fsp3) is 1.00. The molecule has 2 aliphatic rings. The smallest absolute Gasteiger partial charge is 0.163 e. The summed E-state index contributed by atoms with van der Waals surface area (Å²) in [5.74, 6) is 1.04. The molecule has 2 rings (SSSR count). The van der Waals surface area contributed by atoms with Gasteiger partial charge in [-0.3, -0.25) is 0 Å². The van der Waals surface area contributed by atoms with Crippen LogP contribution in [0.1, 0.15) is 41.5 Å². The number of rotatable bonds is 6. The second-order valence-electron chi connectivity index (χ2n) is 6.21. The Hall–Kier alpha value is 0.540. The summed E-state index contributed by atoms with van der Waals surface area (Å²) in [6.45, 7) is 12.8. The Morgan fingerprint density at radius 2 is 1.57 bits per heavy atom. The third-order valence-electron chi connectivity index (χ3n) is 3.49. The summed E-state index contributed by atoms with van der Waals surface area (Å²) >= 11 is 3.85. The molecule has 2 aliphatic heterocycles. The van der Waals surface area contributed by atoms with Crippen LogP contribution in [-0.2, 0) is 18.9 Å². The van der Waals surface area contributed by atoms with E-state index in [1.165, 1.54) is 0 Å². The molecule has 3 atom stereocenters. The van der Waals surface area contributed by atoms with Crippen LogP contribution in [0.5, 0.6) is 0 Å². The van der Waals surface area contributed by atoms with Crippen LogP contribution in [-0.4, -0.2) is 52.6 Å². The van der Waals surface area contributed by atoms with E-state index in [9.17, 15) is 0 Å². The molecule has 0 aliphatic carbocycles. The second-order valence-corrected chi connectivity index (χ2v) is 9.35. The number of hydrogen-bond donors (Lipinski definition) is 0. The normalized spacial score (nSPS) is 34.7. The maximum Gasteiger partial charge on any atom is 0.163 e. The molecule has 0 radical (unpaired) electrons. The lowest BCUT2D eigenvalue weighted by molar-refractivity contribution is -0.174. The van der Waals surface area contributed by atoms with Gasteiger partial charge in [0.2, 0.25) is 0 Å². The molecule has 0 aromatic carbocycles. The van der Waals surface area contributed by atoms with E-state index in [4.69, 9.17) is 18.9 Å². The zero-order valence-corrected chi connectivity index (χ0v) is 15.5. The first-order chi connectivity index (χ1) is 9.78. The van der Waals surface area contributed by atoms with Gasteiger partial charge in [-0.1, -0.05) is 13.8 Å². The Balaban J connectivity index is 2.12. The van der Waals surface area contributed by atoms with Crippen molar-refractivity contribution < 1.29 is 18.9 Å². The van der Waals surface area contributed by atoms with Crippen LogP contribution < -0.4 is 0 Å². The first-order valence-electron chi connectivity index (χ1n) is 7.68. The molecule has 0 N–H and O–H groups in total. The van der Waals surface area contributed by atoms with Gasteiger partial charge in [-0.15, -0.1) is 23.5 Å². The maximum atomic E-state index is 6.21. The van der Waals surface area contributed by atoms with E-state index < -0.39 is 11.6 Å². The molecule has 6 heteroatoms. The number of hydrogen-bond acceptors (Lipinski definition) is 6. The van der Waals surface area contributed by atoms with Gasteiger partial charge in [0, 0.05) is 0 Å². The molecule has 124 valence electrons. The fourth-order valence-electron chi connectivity index (χ4n) is 2.76. The molecule has 0 bridgehead atoms. The van der Waals surface area contributed by atoms with E-state index in [2.05, 4.69) is 13.8 Å². The summed E-state index contributed by atoms with van der Waals surface area (Å²) in [4.78, 5) is 0. The topological polar surface area (TPSA) is 36.9 Å². The number of ether oxygens (including phenoxy) is 4. The molecule has 0 spiro atoms. The van der Waals surface area contributed by atoms with Crippen molar-refractivity contribution in [3.05, 3.63) is 0 Å². The van der Waals surface area contributed by atoms with Crippen LogP contribution in [0.3, 0.4) is 0 Å². The van der Waals surface area contributed by atoms with E-state index in [1.54, 1.807) is 0 Å². The summed E-state index contributed by atoms with van der Waals surface area (Å²) in [6, 6.07) is 0. The van der Waals surface area contributed by atoms with E-state index >= 15 is 0 Å². The van der Waals surface area contributed by atoms with Crippen molar-refractivity contribution in [2.24, 2.45) is 0 Å². The molecule has 0 aromatic rings. The highest BCUT2D eigenvalue weighted by molar-refractivity contribution is 8.17. The van der Waals surface area contributed by atoms with Gasteiger partial charge in [-0.05, 0) is 39.2 Å². The Kier molecular flexibility index (Phi) is 5.94. The van der Waals surface area contributed by atoms with Gasteiger partial charge < -0.3 is 18.9 Å². The Morgan fingerprint density at radius 3 is 2.05 bits per heavy atom. The van der Waals surface area contributed by atoms with E-state index in [0.717, 1.165) is 11.5 Å². The average Bonchev–Trinajstić information content (AvgIpc) is 2.88. The Bertz CT molecular complexity index is 331. The highest BCUT2D eigenvalue weighted by Gasteiger charge is 2.52. The van der Waals surface area contributed by atoms with Crippen molar-refractivity contribution in [1.82, 2.24) is 0 Å². The molecule has 0 aromatic heterocycles. The maximum absolute atomic E-state index is 6.21. The largest absolute Gasteiger partial charge is 0.348 e. The summed E-state index contributed by atoms with van der Waals surface area (Å²) < 4.78 is 24.5. The zero-order chi connectivity index (χ0) is 15.7. The van der Waals surface area contributed by atoms with E-state index in [0.29, 0.717) is 11.2 Å². The quantitative estimate of drug-likeness (QED) is 0.691. The predicted octanol–water partition coefficient (Wildman–Crippen LogP) is 3.49. The lowest BCUT2D eigenvalue weighted by atomic mass is 10.1. The van der Waals surface area contributed by atoms with Gasteiger partial charge in [0.05, 0.1) is 11.2 Å². The van der Waals surface area contributed by atoms with Crippen LogP contribution in [0.4, 0.5) is 0 Å². The lowest BCUT2D eigenvalue weighted by Crippen LogP contribution is -2.42. The van der Waals surface area contributed by atoms with Crippen LogP contribution in [0, 0.1) is 0 Å². The van der Waals surface area contributed by atoms with Crippen molar-refractivity contribution in [2.45, 2.75) is 76.0 Å². The van der Waals surface area contributed by atoms with Crippen molar-refractivity contribution in [3.8, 4) is 0 Å². The SMILES string of the molecule is CCSC(SCC)[C@H]1OC(C)(C)O[C@H]1[C@@H]1COC(C)(C)O1. The molecule has 0 unspecified atom stereocenters. The fourth-order valence-corrected chi connectivity index (χ4v) is 5.42. The lowest BCUT2D eigenvalue weighted by Gasteiger charge is -2.28. The minimum absolute atomic E-state index is 0.0254. The highest BCUT2D eigenvalue weighted by Crippen LogP contribution is 2.42. The Morgan fingerprint density at radius 1 is 0.952 bits per heavy atom. The van der Waals surface area contributed by atoms with Gasteiger partial charge in [0.1, 0.15) is 18.3 Å². The van der Waals surface area contributed by atoms with Gasteiger partial charge in [-0.2, -0.15) is 0 Å². The van der Waals surface area contributed by atoms with Crippen LogP contribution in [0.2, 0.25) is 0 Å². The van der Waals surface area contributed by atoms with Crippen molar-refractivity contribution in [1.29, 1.82) is 0 Å². The Labute approximate surface area is 137 Å². The average molecular weight is 337 g/mol. The third-order valence-corrected chi connectivity index (χ3v) is 6.17. The third kappa shape index (κ3) is 4.52. The van der Waals surface area contributed by atoms with Gasteiger partial charge in [0.25, 0.3) is 0 Å². The van der Waals surface area contributed by atoms with Crippen molar-refractivity contribution >= 4 is 23.5 Å². The predicted molar refractivity (Wildman–Crippen MR) is 88.8 cm³/mol. The van der Waals surface area contributed by atoms with Crippen molar-refractivity contribution in [2.75, 3.05) is 18.1 Å². The van der Waals surface area contributed by atoms with Crippen LogP contribution in [0.15, 0.2) is 0 Å². The first kappa shape index (κ1) is 17.9. The van der Waals surface area contributed by atoms with E-state index in [1.807, 2.05) is 51.2 Å². The highest BCUT2D eigenvalue weighted by atomic mass is 32.2. The molecule has 2 fully saturated rings. The molecule has 4 nitrogen and oxygen atoms in total. The first-order valence-corrected chi connectivity index (χ1v) is 9.78. The van der Waals surface area contributed by atoms with Gasteiger partial charge >= 0.3 is 0 Å².